The summed E-state index contributed by atoms with van der Waals surface area (Å²) >= 11 is 0. The van der Waals surface area contributed by atoms with Gasteiger partial charge in [-0.25, -0.2) is 8.42 Å². The Kier molecular flexibility index (Phi) is 9.72. The SMILES string of the molecule is CN=NC1CCC(N=Nc2c(C)c([NH+]3CCCCC3)c(O)n(CCCN(C)C)c2=O)C(S(=O)(=O)[O-])C1. The first-order valence-corrected chi connectivity index (χ1v) is 14.1. The maximum absolute atomic E-state index is 13.4. The third-order valence-corrected chi connectivity index (χ3v) is 8.39. The minimum absolute atomic E-state index is 0.0271. The summed E-state index contributed by atoms with van der Waals surface area (Å²) in [5.74, 6) is -0.0439. The smallest absolute Gasteiger partial charge is 0.281 e. The van der Waals surface area contributed by atoms with E-state index in [0.29, 0.717) is 37.1 Å². The van der Waals surface area contributed by atoms with Crippen LogP contribution in [0.25, 0.3) is 0 Å². The molecule has 2 aliphatic rings. The number of aromatic hydroxyl groups is 1. The van der Waals surface area contributed by atoms with Crippen molar-refractivity contribution in [2.45, 2.75) is 75.7 Å². The Bertz CT molecular complexity index is 1130. The van der Waals surface area contributed by atoms with Crippen molar-refractivity contribution in [3.63, 3.8) is 0 Å². The van der Waals surface area contributed by atoms with Crippen molar-refractivity contribution in [3.05, 3.63) is 15.9 Å². The van der Waals surface area contributed by atoms with E-state index >= 15 is 0 Å². The second-order valence-corrected chi connectivity index (χ2v) is 11.6. The van der Waals surface area contributed by atoms with E-state index in [1.807, 2.05) is 19.0 Å². The van der Waals surface area contributed by atoms with Gasteiger partial charge in [-0.2, -0.15) is 15.3 Å². The van der Waals surface area contributed by atoms with Gasteiger partial charge in [-0.15, -0.1) is 5.11 Å². The lowest BCUT2D eigenvalue weighted by atomic mass is 9.92. The number of quaternary nitrogens is 1. The van der Waals surface area contributed by atoms with Crippen LogP contribution in [0.5, 0.6) is 5.88 Å². The fourth-order valence-corrected chi connectivity index (χ4v) is 6.30. The van der Waals surface area contributed by atoms with Crippen molar-refractivity contribution in [2.24, 2.45) is 20.5 Å². The Balaban J connectivity index is 2.02. The molecule has 1 aliphatic carbocycles. The molecule has 12 nitrogen and oxygen atoms in total. The first-order valence-electron chi connectivity index (χ1n) is 12.6. The molecular formula is C23H39N7O5S. The summed E-state index contributed by atoms with van der Waals surface area (Å²) in [5, 5.41) is 26.1. The van der Waals surface area contributed by atoms with E-state index in [4.69, 9.17) is 0 Å². The minimum atomic E-state index is -4.65. The zero-order chi connectivity index (χ0) is 26.5. The highest BCUT2D eigenvalue weighted by atomic mass is 32.2. The second kappa shape index (κ2) is 12.3. The van der Waals surface area contributed by atoms with Gasteiger partial charge in [0.25, 0.3) is 11.4 Å². The topological polar surface area (TPSA) is 157 Å². The van der Waals surface area contributed by atoms with E-state index in [-0.39, 0.29) is 24.0 Å². The Hall–Kier alpha value is -2.22. The molecule has 0 bridgehead atoms. The van der Waals surface area contributed by atoms with E-state index in [2.05, 4.69) is 20.5 Å². The summed E-state index contributed by atoms with van der Waals surface area (Å²) in [6.45, 7) is 4.48. The first-order chi connectivity index (χ1) is 17.0. The summed E-state index contributed by atoms with van der Waals surface area (Å²) in [7, 11) is 0.741. The third-order valence-electron chi connectivity index (χ3n) is 7.14. The number of hydrogen-bond acceptors (Lipinski definition) is 10. The highest BCUT2D eigenvalue weighted by molar-refractivity contribution is 7.86. The fourth-order valence-electron chi connectivity index (χ4n) is 5.26. The standard InChI is InChI=1S/C23H39N7O5S/c1-16-20(27-26-18-10-9-17(25-24-2)15-19(18)36(33,34)35)22(31)30(14-8-11-28(3)4)23(32)21(16)29-12-6-5-7-13-29/h17-19,32H,5-15H2,1-4H3,(H,33,34,35). The van der Waals surface area contributed by atoms with Gasteiger partial charge >= 0.3 is 0 Å². The summed E-state index contributed by atoms with van der Waals surface area (Å²) in [6, 6.07) is -1.22. The van der Waals surface area contributed by atoms with Crippen molar-refractivity contribution in [2.75, 3.05) is 40.8 Å². The van der Waals surface area contributed by atoms with E-state index in [1.54, 1.807) is 6.92 Å². The predicted molar refractivity (Wildman–Crippen MR) is 135 cm³/mol. The van der Waals surface area contributed by atoms with Crippen LogP contribution in [-0.4, -0.2) is 85.7 Å². The predicted octanol–water partition coefficient (Wildman–Crippen LogP) is 1.51. The van der Waals surface area contributed by atoms with Crippen LogP contribution in [0.15, 0.2) is 25.3 Å². The molecule has 1 aromatic rings. The summed E-state index contributed by atoms with van der Waals surface area (Å²) in [6.07, 6.45) is 4.68. The maximum atomic E-state index is 13.4. The van der Waals surface area contributed by atoms with Crippen molar-refractivity contribution in [1.29, 1.82) is 0 Å². The minimum Gasteiger partial charge on any atom is -0.748 e. The average Bonchev–Trinajstić information content (AvgIpc) is 2.82. The molecule has 2 heterocycles. The zero-order valence-electron chi connectivity index (χ0n) is 21.7. The lowest BCUT2D eigenvalue weighted by Gasteiger charge is -2.32. The van der Waals surface area contributed by atoms with E-state index in [9.17, 15) is 22.9 Å². The number of rotatable bonds is 9. The summed E-state index contributed by atoms with van der Waals surface area (Å²) in [5.41, 5.74) is 0.802. The first kappa shape index (κ1) is 28.4. The van der Waals surface area contributed by atoms with Crippen molar-refractivity contribution < 1.29 is 23.0 Å². The van der Waals surface area contributed by atoms with Gasteiger partial charge in [0, 0.05) is 19.2 Å². The zero-order valence-corrected chi connectivity index (χ0v) is 22.5. The Morgan fingerprint density at radius 3 is 2.47 bits per heavy atom. The van der Waals surface area contributed by atoms with Crippen LogP contribution in [0.2, 0.25) is 0 Å². The molecule has 2 fully saturated rings. The van der Waals surface area contributed by atoms with Gasteiger partial charge in [0.1, 0.15) is 0 Å². The molecule has 13 heteroatoms. The van der Waals surface area contributed by atoms with Gasteiger partial charge in [0.2, 0.25) is 0 Å². The molecule has 3 unspecified atom stereocenters. The van der Waals surface area contributed by atoms with Gasteiger partial charge in [-0.3, -0.25) is 14.3 Å². The molecule has 1 saturated heterocycles. The second-order valence-electron chi connectivity index (χ2n) is 10.0. The number of hydrogen-bond donors (Lipinski definition) is 2. The van der Waals surface area contributed by atoms with Gasteiger partial charge in [0.05, 0.1) is 40.5 Å². The fraction of sp³-hybridized carbons (Fsp3) is 0.783. The largest absolute Gasteiger partial charge is 0.748 e. The Morgan fingerprint density at radius 2 is 1.86 bits per heavy atom. The molecule has 1 aliphatic heterocycles. The van der Waals surface area contributed by atoms with Crippen LogP contribution in [0.1, 0.15) is 50.5 Å². The molecule has 0 amide bonds. The molecule has 0 radical (unpaired) electrons. The lowest BCUT2D eigenvalue weighted by Crippen LogP contribution is -3.08. The number of azo groups is 2. The normalized spacial score (nSPS) is 24.3. The van der Waals surface area contributed by atoms with Gasteiger partial charge in [-0.05, 0) is 72.5 Å². The van der Waals surface area contributed by atoms with Crippen LogP contribution < -0.4 is 10.5 Å². The number of nitrogens with one attached hydrogen (secondary N) is 1. The quantitative estimate of drug-likeness (QED) is 0.368. The van der Waals surface area contributed by atoms with Crippen LogP contribution in [0.4, 0.5) is 11.4 Å². The summed E-state index contributed by atoms with van der Waals surface area (Å²) in [4.78, 5) is 16.5. The molecule has 0 aromatic carbocycles. The molecule has 1 saturated carbocycles. The monoisotopic (exact) mass is 525 g/mol. The lowest BCUT2D eigenvalue weighted by molar-refractivity contribution is -0.838. The van der Waals surface area contributed by atoms with Crippen LogP contribution in [-0.2, 0) is 16.7 Å². The Morgan fingerprint density at radius 1 is 1.17 bits per heavy atom. The van der Waals surface area contributed by atoms with Crippen LogP contribution >= 0.6 is 0 Å². The number of piperidine rings is 1. The van der Waals surface area contributed by atoms with Gasteiger partial charge in [0.15, 0.2) is 11.4 Å². The van der Waals surface area contributed by atoms with Crippen molar-refractivity contribution >= 4 is 21.5 Å². The van der Waals surface area contributed by atoms with Crippen LogP contribution in [0, 0.1) is 6.92 Å². The van der Waals surface area contributed by atoms with E-state index in [1.165, 1.54) is 11.6 Å². The molecular weight excluding hydrogens is 486 g/mol. The molecule has 3 rings (SSSR count). The van der Waals surface area contributed by atoms with Crippen molar-refractivity contribution in [3.8, 4) is 5.88 Å². The number of aromatic nitrogens is 1. The highest BCUT2D eigenvalue weighted by Crippen LogP contribution is 2.32. The van der Waals surface area contributed by atoms with Gasteiger partial charge < -0.3 is 14.6 Å². The molecule has 0 spiro atoms. The average molecular weight is 526 g/mol. The van der Waals surface area contributed by atoms with Crippen molar-refractivity contribution in [1.82, 2.24) is 9.47 Å². The van der Waals surface area contributed by atoms with Crippen LogP contribution in [0.3, 0.4) is 0 Å². The number of pyridine rings is 1. The molecule has 1 aromatic heterocycles. The Labute approximate surface area is 212 Å². The molecule has 36 heavy (non-hydrogen) atoms. The summed E-state index contributed by atoms with van der Waals surface area (Å²) < 4.78 is 37.3. The van der Waals surface area contributed by atoms with Gasteiger partial charge in [-0.1, -0.05) is 0 Å². The highest BCUT2D eigenvalue weighted by Gasteiger charge is 2.36. The maximum Gasteiger partial charge on any atom is 0.281 e. The number of nitrogens with zero attached hydrogens (tertiary/aromatic N) is 6. The third kappa shape index (κ3) is 6.75. The van der Waals surface area contributed by atoms with E-state index in [0.717, 1.165) is 43.8 Å². The molecule has 3 atom stereocenters. The van der Waals surface area contributed by atoms with E-state index < -0.39 is 27.0 Å². The molecule has 2 N–H and O–H groups in total. The molecule has 202 valence electrons.